The minimum Gasteiger partial charge on any atom is -0.387 e. The third-order valence-corrected chi connectivity index (χ3v) is 3.74. The molecule has 5 heteroatoms. The molecule has 0 saturated heterocycles. The van der Waals surface area contributed by atoms with Crippen LogP contribution in [0.15, 0.2) is 41.1 Å². The fourth-order valence-electron chi connectivity index (χ4n) is 1.85. The van der Waals surface area contributed by atoms with E-state index >= 15 is 0 Å². The van der Waals surface area contributed by atoms with E-state index in [1.165, 1.54) is 0 Å². The third-order valence-electron chi connectivity index (χ3n) is 3.04. The molecular formula is C15H18N2O2S. The monoisotopic (exact) mass is 290 g/mol. The van der Waals surface area contributed by atoms with E-state index in [0.717, 1.165) is 11.1 Å². The van der Waals surface area contributed by atoms with E-state index in [9.17, 15) is 9.90 Å². The van der Waals surface area contributed by atoms with E-state index in [-0.39, 0.29) is 5.91 Å². The van der Waals surface area contributed by atoms with Crippen molar-refractivity contribution < 1.29 is 9.90 Å². The van der Waals surface area contributed by atoms with Gasteiger partial charge in [0.2, 0.25) is 0 Å². The Labute approximate surface area is 122 Å². The van der Waals surface area contributed by atoms with E-state index in [1.54, 1.807) is 30.5 Å². The lowest BCUT2D eigenvalue weighted by Gasteiger charge is -2.10. The Balaban J connectivity index is 1.81. The zero-order chi connectivity index (χ0) is 14.4. The average molecular weight is 290 g/mol. The zero-order valence-electron chi connectivity index (χ0n) is 11.3. The Morgan fingerprint density at radius 2 is 2.05 bits per heavy atom. The van der Waals surface area contributed by atoms with E-state index < -0.39 is 6.10 Å². The Morgan fingerprint density at radius 1 is 1.30 bits per heavy atom. The normalized spacial score (nSPS) is 12.1. The summed E-state index contributed by atoms with van der Waals surface area (Å²) in [5.41, 5.74) is 2.67. The van der Waals surface area contributed by atoms with Gasteiger partial charge in [0.25, 0.3) is 5.91 Å². The summed E-state index contributed by atoms with van der Waals surface area (Å²) in [5.74, 6) is -0.0858. The van der Waals surface area contributed by atoms with Gasteiger partial charge in [0.05, 0.1) is 6.10 Å². The molecule has 0 aliphatic rings. The van der Waals surface area contributed by atoms with Crippen LogP contribution in [0, 0.1) is 0 Å². The number of nitrogens with one attached hydrogen (secondary N) is 2. The number of thiophene rings is 1. The molecule has 1 amide bonds. The maximum atomic E-state index is 11.4. The molecule has 0 aliphatic heterocycles. The second-order valence-electron chi connectivity index (χ2n) is 4.48. The van der Waals surface area contributed by atoms with Crippen LogP contribution < -0.4 is 10.6 Å². The molecular weight excluding hydrogens is 272 g/mol. The first-order valence-electron chi connectivity index (χ1n) is 6.42. The number of hydrogen-bond acceptors (Lipinski definition) is 4. The number of carbonyl (C=O) groups is 1. The first kappa shape index (κ1) is 14.7. The van der Waals surface area contributed by atoms with Crippen molar-refractivity contribution in [3.05, 3.63) is 57.8 Å². The molecule has 1 aromatic carbocycles. The van der Waals surface area contributed by atoms with Crippen LogP contribution in [0.3, 0.4) is 0 Å². The topological polar surface area (TPSA) is 61.4 Å². The summed E-state index contributed by atoms with van der Waals surface area (Å²) in [5, 5.41) is 19.6. The minimum atomic E-state index is -0.480. The summed E-state index contributed by atoms with van der Waals surface area (Å²) in [6, 6.07) is 9.34. The first-order valence-corrected chi connectivity index (χ1v) is 7.37. The molecule has 1 unspecified atom stereocenters. The number of hydrogen-bond donors (Lipinski definition) is 3. The van der Waals surface area contributed by atoms with Crippen LogP contribution in [-0.2, 0) is 6.54 Å². The van der Waals surface area contributed by atoms with Crippen molar-refractivity contribution in [1.82, 2.24) is 10.6 Å². The van der Waals surface area contributed by atoms with Crippen LogP contribution in [0.2, 0.25) is 0 Å². The third kappa shape index (κ3) is 3.90. The van der Waals surface area contributed by atoms with Crippen LogP contribution in [0.1, 0.15) is 27.6 Å². The minimum absolute atomic E-state index is 0.0858. The molecule has 0 aliphatic carbocycles. The average Bonchev–Trinajstić information content (AvgIpc) is 3.01. The molecule has 0 bridgehead atoms. The zero-order valence-corrected chi connectivity index (χ0v) is 12.1. The summed E-state index contributed by atoms with van der Waals surface area (Å²) < 4.78 is 0. The highest BCUT2D eigenvalue weighted by molar-refractivity contribution is 7.07. The molecule has 0 saturated carbocycles. The van der Waals surface area contributed by atoms with Gasteiger partial charge in [-0.05, 0) is 40.1 Å². The molecule has 2 aromatic rings. The SMILES string of the molecule is CNC(=O)c1ccc(CNCC(O)c2ccsc2)cc1. The number of carbonyl (C=O) groups excluding carboxylic acids is 1. The summed E-state index contributed by atoms with van der Waals surface area (Å²) >= 11 is 1.58. The smallest absolute Gasteiger partial charge is 0.251 e. The lowest BCUT2D eigenvalue weighted by molar-refractivity contribution is 0.0963. The van der Waals surface area contributed by atoms with E-state index in [1.807, 2.05) is 29.0 Å². The van der Waals surface area contributed by atoms with Gasteiger partial charge in [-0.1, -0.05) is 12.1 Å². The Bertz CT molecular complexity index is 538. The van der Waals surface area contributed by atoms with Gasteiger partial charge in [-0.15, -0.1) is 0 Å². The van der Waals surface area contributed by atoms with Gasteiger partial charge < -0.3 is 15.7 Å². The molecule has 0 spiro atoms. The number of rotatable bonds is 6. The summed E-state index contributed by atoms with van der Waals surface area (Å²) in [7, 11) is 1.61. The van der Waals surface area contributed by atoms with Crippen molar-refractivity contribution in [2.45, 2.75) is 12.6 Å². The van der Waals surface area contributed by atoms with Gasteiger partial charge in [0.15, 0.2) is 0 Å². The van der Waals surface area contributed by atoms with Gasteiger partial charge in [-0.2, -0.15) is 11.3 Å². The van der Waals surface area contributed by atoms with Crippen molar-refractivity contribution >= 4 is 17.2 Å². The van der Waals surface area contributed by atoms with Crippen molar-refractivity contribution in [1.29, 1.82) is 0 Å². The van der Waals surface area contributed by atoms with Crippen LogP contribution in [0.25, 0.3) is 0 Å². The van der Waals surface area contributed by atoms with Gasteiger partial charge in [-0.25, -0.2) is 0 Å². The van der Waals surface area contributed by atoms with Crippen molar-refractivity contribution in [3.63, 3.8) is 0 Å². The first-order chi connectivity index (χ1) is 9.70. The summed E-state index contributed by atoms with van der Waals surface area (Å²) in [6.07, 6.45) is -0.480. The Hall–Kier alpha value is -1.69. The maximum absolute atomic E-state index is 11.4. The Morgan fingerprint density at radius 3 is 2.65 bits per heavy atom. The lowest BCUT2D eigenvalue weighted by Crippen LogP contribution is -2.21. The van der Waals surface area contributed by atoms with Crippen molar-refractivity contribution in [2.24, 2.45) is 0 Å². The van der Waals surface area contributed by atoms with Gasteiger partial charge in [-0.3, -0.25) is 4.79 Å². The van der Waals surface area contributed by atoms with Gasteiger partial charge in [0, 0.05) is 25.7 Å². The molecule has 0 fully saturated rings. The van der Waals surface area contributed by atoms with Crippen LogP contribution in [0.4, 0.5) is 0 Å². The van der Waals surface area contributed by atoms with Crippen LogP contribution >= 0.6 is 11.3 Å². The van der Waals surface area contributed by atoms with Crippen LogP contribution in [-0.4, -0.2) is 24.6 Å². The largest absolute Gasteiger partial charge is 0.387 e. The molecule has 1 atom stereocenters. The fraction of sp³-hybridized carbons (Fsp3) is 0.267. The van der Waals surface area contributed by atoms with Crippen molar-refractivity contribution in [2.75, 3.05) is 13.6 Å². The Kier molecular flexibility index (Phi) is 5.29. The predicted octanol–water partition coefficient (Wildman–Crippen LogP) is 1.93. The van der Waals surface area contributed by atoms with E-state index in [0.29, 0.717) is 18.7 Å². The molecule has 2 rings (SSSR count). The van der Waals surface area contributed by atoms with Gasteiger partial charge in [0.1, 0.15) is 0 Å². The second-order valence-corrected chi connectivity index (χ2v) is 5.26. The van der Waals surface area contributed by atoms with Crippen LogP contribution in [0.5, 0.6) is 0 Å². The lowest BCUT2D eigenvalue weighted by atomic mass is 10.1. The standard InChI is InChI=1S/C15H18N2O2S/c1-16-15(19)12-4-2-11(3-5-12)8-17-9-14(18)13-6-7-20-10-13/h2-7,10,14,17-18H,8-9H2,1H3,(H,16,19). The fourth-order valence-corrected chi connectivity index (χ4v) is 2.56. The number of amides is 1. The molecule has 3 N–H and O–H groups in total. The highest BCUT2D eigenvalue weighted by Gasteiger charge is 2.07. The highest BCUT2D eigenvalue weighted by atomic mass is 32.1. The highest BCUT2D eigenvalue weighted by Crippen LogP contribution is 2.15. The molecule has 1 heterocycles. The maximum Gasteiger partial charge on any atom is 0.251 e. The number of aliphatic hydroxyl groups excluding tert-OH is 1. The van der Waals surface area contributed by atoms with E-state index in [2.05, 4.69) is 10.6 Å². The molecule has 20 heavy (non-hydrogen) atoms. The summed E-state index contributed by atoms with van der Waals surface area (Å²) in [6.45, 7) is 1.17. The number of benzene rings is 1. The second kappa shape index (κ2) is 7.19. The van der Waals surface area contributed by atoms with Crippen molar-refractivity contribution in [3.8, 4) is 0 Å². The quantitative estimate of drug-likeness (QED) is 0.762. The van der Waals surface area contributed by atoms with Gasteiger partial charge >= 0.3 is 0 Å². The number of aliphatic hydroxyl groups is 1. The molecule has 0 radical (unpaired) electrons. The van der Waals surface area contributed by atoms with E-state index in [4.69, 9.17) is 0 Å². The molecule has 106 valence electrons. The molecule has 4 nitrogen and oxygen atoms in total. The predicted molar refractivity (Wildman–Crippen MR) is 80.8 cm³/mol. The molecule has 1 aromatic heterocycles. The summed E-state index contributed by atoms with van der Waals surface area (Å²) in [4.78, 5) is 11.4.